The van der Waals surface area contributed by atoms with Crippen LogP contribution in [0.5, 0.6) is 0 Å². The molecule has 0 aliphatic carbocycles. The fraction of sp³-hybridized carbons (Fsp3) is 0.583. The Morgan fingerprint density at radius 1 is 1.36 bits per heavy atom. The van der Waals surface area contributed by atoms with Gasteiger partial charge in [0.25, 0.3) is 0 Å². The lowest BCUT2D eigenvalue weighted by Gasteiger charge is -2.12. The van der Waals surface area contributed by atoms with E-state index >= 15 is 0 Å². The number of rotatable bonds is 5. The second-order valence-corrected chi connectivity index (χ2v) is 3.77. The molecule has 0 bridgehead atoms. The first kappa shape index (κ1) is 12.9. The second-order valence-electron chi connectivity index (χ2n) is 3.77. The van der Waals surface area contributed by atoms with Crippen LogP contribution in [-0.2, 0) is 0 Å². The average Bonchev–Trinajstić information content (AvgIpc) is 2.10. The molecule has 14 heavy (non-hydrogen) atoms. The van der Waals surface area contributed by atoms with E-state index in [0.717, 1.165) is 18.0 Å². The first-order valence-electron chi connectivity index (χ1n) is 5.07. The molecule has 0 aliphatic rings. The Kier molecular flexibility index (Phi) is 5.93. The first-order valence-corrected chi connectivity index (χ1v) is 5.07. The Labute approximate surface area is 88.0 Å². The van der Waals surface area contributed by atoms with Crippen LogP contribution in [0.4, 0.5) is 0 Å². The van der Waals surface area contributed by atoms with Gasteiger partial charge >= 0.3 is 0 Å². The molecule has 0 saturated carbocycles. The zero-order valence-corrected chi connectivity index (χ0v) is 10.0. The van der Waals surface area contributed by atoms with Crippen molar-refractivity contribution in [1.29, 1.82) is 0 Å². The monoisotopic (exact) mass is 194 g/mol. The fourth-order valence-electron chi connectivity index (χ4n) is 0.941. The van der Waals surface area contributed by atoms with Crippen molar-refractivity contribution >= 4 is 5.71 Å². The van der Waals surface area contributed by atoms with Crippen molar-refractivity contribution in [2.45, 2.75) is 20.8 Å². The van der Waals surface area contributed by atoms with E-state index in [0.29, 0.717) is 5.92 Å². The van der Waals surface area contributed by atoms with Crippen LogP contribution in [0.15, 0.2) is 29.4 Å². The van der Waals surface area contributed by atoms with Crippen LogP contribution in [0.25, 0.3) is 0 Å². The molecular formula is C12H22N2. The van der Waals surface area contributed by atoms with Crippen LogP contribution in [0.1, 0.15) is 20.8 Å². The minimum absolute atomic E-state index is 0.473. The topological polar surface area (TPSA) is 15.6 Å². The Balaban J connectivity index is 4.45. The van der Waals surface area contributed by atoms with E-state index in [1.54, 1.807) is 0 Å². The van der Waals surface area contributed by atoms with Crippen LogP contribution in [0, 0.1) is 5.92 Å². The zero-order chi connectivity index (χ0) is 11.1. The van der Waals surface area contributed by atoms with Gasteiger partial charge in [-0.05, 0) is 25.0 Å². The van der Waals surface area contributed by atoms with Crippen molar-refractivity contribution in [1.82, 2.24) is 4.90 Å². The van der Waals surface area contributed by atoms with Gasteiger partial charge in [0.1, 0.15) is 0 Å². The highest BCUT2D eigenvalue weighted by Gasteiger charge is 2.00. The van der Waals surface area contributed by atoms with Gasteiger partial charge in [0, 0.05) is 32.0 Å². The summed E-state index contributed by atoms with van der Waals surface area (Å²) < 4.78 is 0. The summed E-state index contributed by atoms with van der Waals surface area (Å²) in [5.41, 5.74) is 2.13. The van der Waals surface area contributed by atoms with Gasteiger partial charge in [0.05, 0.1) is 0 Å². The van der Waals surface area contributed by atoms with Crippen molar-refractivity contribution in [2.75, 3.05) is 20.6 Å². The summed E-state index contributed by atoms with van der Waals surface area (Å²) in [6, 6.07) is 0. The predicted molar refractivity (Wildman–Crippen MR) is 64.8 cm³/mol. The van der Waals surface area contributed by atoms with Gasteiger partial charge in [-0.1, -0.05) is 20.4 Å². The molecule has 2 heteroatoms. The SMILES string of the molecule is C=C(/C=C\C(=N/CC)C(C)C)N(C)C. The summed E-state index contributed by atoms with van der Waals surface area (Å²) >= 11 is 0. The Morgan fingerprint density at radius 2 is 1.93 bits per heavy atom. The predicted octanol–water partition coefficient (Wildman–Crippen LogP) is 2.73. The summed E-state index contributed by atoms with van der Waals surface area (Å²) in [4.78, 5) is 6.41. The van der Waals surface area contributed by atoms with Crippen molar-refractivity contribution in [2.24, 2.45) is 10.9 Å². The molecule has 0 unspecified atom stereocenters. The molecule has 0 spiro atoms. The molecule has 0 rings (SSSR count). The Morgan fingerprint density at radius 3 is 2.29 bits per heavy atom. The number of aliphatic imine (C=N–C) groups is 1. The summed E-state index contributed by atoms with van der Waals surface area (Å²) in [6.07, 6.45) is 4.06. The molecule has 0 aromatic rings. The van der Waals surface area contributed by atoms with Gasteiger partial charge in [-0.2, -0.15) is 0 Å². The molecule has 0 saturated heterocycles. The third-order valence-electron chi connectivity index (χ3n) is 1.95. The largest absolute Gasteiger partial charge is 0.378 e. The number of nitrogens with zero attached hydrogens (tertiary/aromatic N) is 2. The average molecular weight is 194 g/mol. The van der Waals surface area contributed by atoms with E-state index in [1.165, 1.54) is 0 Å². The molecule has 0 aliphatic heterocycles. The lowest BCUT2D eigenvalue weighted by atomic mass is 10.1. The normalized spacial score (nSPS) is 12.6. The second kappa shape index (κ2) is 6.41. The summed E-state index contributed by atoms with van der Waals surface area (Å²) in [7, 11) is 3.97. The number of hydrogen-bond acceptors (Lipinski definition) is 2. The van der Waals surface area contributed by atoms with E-state index in [2.05, 4.69) is 38.4 Å². The lowest BCUT2D eigenvalue weighted by molar-refractivity contribution is 0.532. The van der Waals surface area contributed by atoms with Crippen molar-refractivity contribution in [3.05, 3.63) is 24.4 Å². The molecule has 0 amide bonds. The van der Waals surface area contributed by atoms with Gasteiger partial charge in [-0.25, -0.2) is 0 Å². The molecule has 80 valence electrons. The molecule has 2 nitrogen and oxygen atoms in total. The molecule has 0 heterocycles. The zero-order valence-electron chi connectivity index (χ0n) is 10.0. The van der Waals surface area contributed by atoms with E-state index in [9.17, 15) is 0 Å². The highest BCUT2D eigenvalue weighted by Crippen LogP contribution is 2.03. The molecule has 0 aromatic heterocycles. The van der Waals surface area contributed by atoms with Gasteiger partial charge in [0.2, 0.25) is 0 Å². The van der Waals surface area contributed by atoms with Gasteiger partial charge in [-0.15, -0.1) is 0 Å². The maximum absolute atomic E-state index is 4.43. The van der Waals surface area contributed by atoms with E-state index in [4.69, 9.17) is 0 Å². The summed E-state index contributed by atoms with van der Waals surface area (Å²) in [5, 5.41) is 0. The third kappa shape index (κ3) is 4.85. The van der Waals surface area contributed by atoms with Crippen molar-refractivity contribution < 1.29 is 0 Å². The number of hydrogen-bond donors (Lipinski definition) is 0. The highest BCUT2D eigenvalue weighted by molar-refractivity contribution is 5.96. The van der Waals surface area contributed by atoms with Gasteiger partial charge in [0.15, 0.2) is 0 Å². The quantitative estimate of drug-likeness (QED) is 0.485. The van der Waals surface area contributed by atoms with Crippen LogP contribution in [-0.4, -0.2) is 31.3 Å². The van der Waals surface area contributed by atoms with E-state index < -0.39 is 0 Å². The summed E-state index contributed by atoms with van der Waals surface area (Å²) in [5.74, 6) is 0.473. The highest BCUT2D eigenvalue weighted by atomic mass is 15.1. The van der Waals surface area contributed by atoms with Crippen LogP contribution in [0.2, 0.25) is 0 Å². The molecule has 0 aromatic carbocycles. The van der Waals surface area contributed by atoms with Crippen LogP contribution >= 0.6 is 0 Å². The maximum atomic E-state index is 4.43. The standard InChI is InChI=1S/C12H22N2/c1-7-13-12(10(2)3)9-8-11(4)14(5)6/h8-10H,4,7H2,1-3,5-6H3/b9-8-,13-12+. The van der Waals surface area contributed by atoms with Crippen molar-refractivity contribution in [3.8, 4) is 0 Å². The molecule has 0 radical (unpaired) electrons. The van der Waals surface area contributed by atoms with Crippen LogP contribution in [0.3, 0.4) is 0 Å². The third-order valence-corrected chi connectivity index (χ3v) is 1.95. The fourth-order valence-corrected chi connectivity index (χ4v) is 0.941. The number of allylic oxidation sites excluding steroid dienone is 2. The molecule has 0 atom stereocenters. The smallest absolute Gasteiger partial charge is 0.0374 e. The molecular weight excluding hydrogens is 172 g/mol. The Bertz CT molecular complexity index is 235. The van der Waals surface area contributed by atoms with Crippen molar-refractivity contribution in [3.63, 3.8) is 0 Å². The molecule has 0 fully saturated rings. The first-order chi connectivity index (χ1) is 6.49. The van der Waals surface area contributed by atoms with E-state index in [-0.39, 0.29) is 0 Å². The maximum Gasteiger partial charge on any atom is 0.0374 e. The van der Waals surface area contributed by atoms with Gasteiger partial charge < -0.3 is 4.90 Å². The number of likely N-dealkylation sites (N-methyl/N-ethyl adjacent to an activating group) is 1. The van der Waals surface area contributed by atoms with E-state index in [1.807, 2.05) is 25.1 Å². The lowest BCUT2D eigenvalue weighted by Crippen LogP contribution is -2.09. The van der Waals surface area contributed by atoms with Crippen LogP contribution < -0.4 is 0 Å². The summed E-state index contributed by atoms with van der Waals surface area (Å²) in [6.45, 7) is 11.1. The minimum atomic E-state index is 0.473. The van der Waals surface area contributed by atoms with Gasteiger partial charge in [-0.3, -0.25) is 4.99 Å². The molecule has 0 N–H and O–H groups in total. The minimum Gasteiger partial charge on any atom is -0.378 e. The Hall–Kier alpha value is -1.05.